The molecule has 0 aromatic heterocycles. The third-order valence-electron chi connectivity index (χ3n) is 4.58. The second kappa shape index (κ2) is 6.38. The van der Waals surface area contributed by atoms with Crippen LogP contribution < -0.4 is 5.32 Å². The minimum Gasteiger partial charge on any atom is -0.312 e. The van der Waals surface area contributed by atoms with Crippen LogP contribution in [0, 0.1) is 23.7 Å². The molecule has 0 spiro atoms. The van der Waals surface area contributed by atoms with Gasteiger partial charge >= 0.3 is 0 Å². The quantitative estimate of drug-likeness (QED) is 0.782. The van der Waals surface area contributed by atoms with E-state index in [0.717, 1.165) is 29.7 Å². The van der Waals surface area contributed by atoms with Crippen LogP contribution >= 0.6 is 0 Å². The van der Waals surface area contributed by atoms with Gasteiger partial charge in [-0.1, -0.05) is 34.1 Å². The average Bonchev–Trinajstić information content (AvgIpc) is 2.80. The molecule has 2 heteroatoms. The molecule has 106 valence electrons. The van der Waals surface area contributed by atoms with Crippen molar-refractivity contribution >= 4 is 0 Å². The topological polar surface area (TPSA) is 15.3 Å². The summed E-state index contributed by atoms with van der Waals surface area (Å²) < 4.78 is 0. The van der Waals surface area contributed by atoms with Crippen LogP contribution in [0.25, 0.3) is 0 Å². The fourth-order valence-corrected chi connectivity index (χ4v) is 4.04. The normalized spacial score (nSPS) is 31.8. The van der Waals surface area contributed by atoms with E-state index in [9.17, 15) is 0 Å². The number of rotatable bonds is 6. The van der Waals surface area contributed by atoms with E-state index in [1.807, 2.05) is 0 Å². The Hall–Kier alpha value is -0.0800. The van der Waals surface area contributed by atoms with Gasteiger partial charge in [-0.3, -0.25) is 0 Å². The summed E-state index contributed by atoms with van der Waals surface area (Å²) in [4.78, 5) is 2.70. The van der Waals surface area contributed by atoms with Gasteiger partial charge in [0, 0.05) is 25.7 Å². The molecule has 0 radical (unpaired) electrons. The lowest BCUT2D eigenvalue weighted by Gasteiger charge is -2.31. The third kappa shape index (κ3) is 3.71. The van der Waals surface area contributed by atoms with Gasteiger partial charge in [-0.05, 0) is 43.1 Å². The van der Waals surface area contributed by atoms with Gasteiger partial charge in [0.05, 0.1) is 0 Å². The van der Waals surface area contributed by atoms with Crippen LogP contribution in [0.2, 0.25) is 0 Å². The SMILES string of the molecule is CC(C)CN(CC(C)C)CC1NCC2CCCC21. The Labute approximate surface area is 114 Å². The van der Waals surface area contributed by atoms with Gasteiger partial charge in [0.1, 0.15) is 0 Å². The molecule has 1 saturated carbocycles. The molecule has 0 aromatic rings. The summed E-state index contributed by atoms with van der Waals surface area (Å²) in [6.45, 7) is 14.4. The maximum Gasteiger partial charge on any atom is 0.0226 e. The number of hydrogen-bond acceptors (Lipinski definition) is 2. The monoisotopic (exact) mass is 252 g/mol. The standard InChI is InChI=1S/C16H32N2/c1-12(2)9-18(10-13(3)4)11-16-15-7-5-6-14(15)8-17-16/h12-17H,5-11H2,1-4H3. The van der Waals surface area contributed by atoms with Crippen molar-refractivity contribution in [3.8, 4) is 0 Å². The second-order valence-electron chi connectivity index (χ2n) is 7.38. The Morgan fingerprint density at radius 1 is 1.06 bits per heavy atom. The number of hydrogen-bond donors (Lipinski definition) is 1. The zero-order valence-corrected chi connectivity index (χ0v) is 12.8. The van der Waals surface area contributed by atoms with Crippen LogP contribution in [0.3, 0.4) is 0 Å². The predicted molar refractivity (Wildman–Crippen MR) is 78.7 cm³/mol. The Balaban J connectivity index is 1.87. The molecule has 1 aliphatic heterocycles. The zero-order chi connectivity index (χ0) is 13.1. The Bertz CT molecular complexity index is 239. The molecule has 1 heterocycles. The number of fused-ring (bicyclic) bond motifs is 1. The number of nitrogens with zero attached hydrogens (tertiary/aromatic N) is 1. The van der Waals surface area contributed by atoms with Crippen molar-refractivity contribution in [2.45, 2.75) is 53.0 Å². The molecule has 0 amide bonds. The molecule has 3 unspecified atom stereocenters. The molecule has 18 heavy (non-hydrogen) atoms. The van der Waals surface area contributed by atoms with Crippen LogP contribution in [-0.2, 0) is 0 Å². The highest BCUT2D eigenvalue weighted by atomic mass is 15.2. The van der Waals surface area contributed by atoms with E-state index in [1.54, 1.807) is 0 Å². The van der Waals surface area contributed by atoms with E-state index < -0.39 is 0 Å². The van der Waals surface area contributed by atoms with Crippen molar-refractivity contribution in [1.29, 1.82) is 0 Å². The van der Waals surface area contributed by atoms with Crippen LogP contribution in [-0.4, -0.2) is 37.1 Å². The molecule has 2 nitrogen and oxygen atoms in total. The van der Waals surface area contributed by atoms with Gasteiger partial charge in [-0.25, -0.2) is 0 Å². The van der Waals surface area contributed by atoms with E-state index in [1.165, 1.54) is 45.4 Å². The Morgan fingerprint density at radius 2 is 1.72 bits per heavy atom. The molecule has 1 aliphatic carbocycles. The van der Waals surface area contributed by atoms with E-state index >= 15 is 0 Å². The van der Waals surface area contributed by atoms with Gasteiger partial charge in [-0.2, -0.15) is 0 Å². The molecule has 2 fully saturated rings. The van der Waals surface area contributed by atoms with Crippen LogP contribution in [0.15, 0.2) is 0 Å². The summed E-state index contributed by atoms with van der Waals surface area (Å²) in [6, 6.07) is 0.773. The first kappa shape index (κ1) is 14.3. The molecule has 2 rings (SSSR count). The molecule has 1 saturated heterocycles. The Morgan fingerprint density at radius 3 is 2.33 bits per heavy atom. The van der Waals surface area contributed by atoms with Crippen molar-refractivity contribution in [2.75, 3.05) is 26.2 Å². The third-order valence-corrected chi connectivity index (χ3v) is 4.58. The highest BCUT2D eigenvalue weighted by Crippen LogP contribution is 2.37. The molecular formula is C16H32N2. The van der Waals surface area contributed by atoms with Crippen molar-refractivity contribution < 1.29 is 0 Å². The second-order valence-corrected chi connectivity index (χ2v) is 7.38. The summed E-state index contributed by atoms with van der Waals surface area (Å²) in [5.74, 6) is 3.54. The van der Waals surface area contributed by atoms with Crippen molar-refractivity contribution in [3.05, 3.63) is 0 Å². The van der Waals surface area contributed by atoms with E-state index in [2.05, 4.69) is 37.9 Å². The molecule has 0 bridgehead atoms. The van der Waals surface area contributed by atoms with Gasteiger partial charge in [0.15, 0.2) is 0 Å². The highest BCUT2D eigenvalue weighted by Gasteiger charge is 2.39. The van der Waals surface area contributed by atoms with Crippen molar-refractivity contribution in [2.24, 2.45) is 23.7 Å². The largest absolute Gasteiger partial charge is 0.312 e. The van der Waals surface area contributed by atoms with E-state index in [4.69, 9.17) is 0 Å². The van der Waals surface area contributed by atoms with Gasteiger partial charge < -0.3 is 10.2 Å². The van der Waals surface area contributed by atoms with Gasteiger partial charge in [0.2, 0.25) is 0 Å². The smallest absolute Gasteiger partial charge is 0.0226 e. The van der Waals surface area contributed by atoms with Crippen molar-refractivity contribution in [3.63, 3.8) is 0 Å². The maximum absolute atomic E-state index is 3.79. The molecule has 0 aromatic carbocycles. The fraction of sp³-hybridized carbons (Fsp3) is 1.00. The number of nitrogens with one attached hydrogen (secondary N) is 1. The lowest BCUT2D eigenvalue weighted by Crippen LogP contribution is -2.43. The first-order valence-corrected chi connectivity index (χ1v) is 8.02. The molecule has 3 atom stereocenters. The molecule has 2 aliphatic rings. The van der Waals surface area contributed by atoms with E-state index in [0.29, 0.717) is 0 Å². The molecule has 1 N–H and O–H groups in total. The van der Waals surface area contributed by atoms with Gasteiger partial charge in [0.25, 0.3) is 0 Å². The van der Waals surface area contributed by atoms with Crippen LogP contribution in [0.5, 0.6) is 0 Å². The van der Waals surface area contributed by atoms with Crippen LogP contribution in [0.4, 0.5) is 0 Å². The predicted octanol–water partition coefficient (Wildman–Crippen LogP) is 2.99. The minimum atomic E-state index is 0.773. The first-order valence-electron chi connectivity index (χ1n) is 8.02. The summed E-state index contributed by atoms with van der Waals surface area (Å²) in [6.07, 6.45) is 4.42. The van der Waals surface area contributed by atoms with E-state index in [-0.39, 0.29) is 0 Å². The first-order chi connectivity index (χ1) is 8.56. The van der Waals surface area contributed by atoms with Gasteiger partial charge in [-0.15, -0.1) is 0 Å². The summed E-state index contributed by atoms with van der Waals surface area (Å²) in [5, 5.41) is 3.79. The van der Waals surface area contributed by atoms with Crippen molar-refractivity contribution in [1.82, 2.24) is 10.2 Å². The summed E-state index contributed by atoms with van der Waals surface area (Å²) in [5.41, 5.74) is 0. The highest BCUT2D eigenvalue weighted by molar-refractivity contribution is 4.95. The maximum atomic E-state index is 3.79. The molecular weight excluding hydrogens is 220 g/mol. The summed E-state index contributed by atoms with van der Waals surface area (Å²) in [7, 11) is 0. The summed E-state index contributed by atoms with van der Waals surface area (Å²) >= 11 is 0. The fourth-order valence-electron chi connectivity index (χ4n) is 4.04. The lowest BCUT2D eigenvalue weighted by molar-refractivity contribution is 0.186. The Kier molecular flexibility index (Phi) is 5.08. The zero-order valence-electron chi connectivity index (χ0n) is 12.8. The van der Waals surface area contributed by atoms with Crippen LogP contribution in [0.1, 0.15) is 47.0 Å². The minimum absolute atomic E-state index is 0.773. The average molecular weight is 252 g/mol. The lowest BCUT2D eigenvalue weighted by atomic mass is 9.93.